The SMILES string of the molecule is Cc1ccc(C(N)CN2CCCC2C(C)C)c(C)c1. The summed E-state index contributed by atoms with van der Waals surface area (Å²) in [5.41, 5.74) is 10.4. The number of aryl methyl sites for hydroxylation is 2. The molecule has 0 aromatic heterocycles. The lowest BCUT2D eigenvalue weighted by Gasteiger charge is -2.30. The van der Waals surface area contributed by atoms with Crippen molar-refractivity contribution in [2.45, 2.75) is 52.6 Å². The Morgan fingerprint density at radius 2 is 2.05 bits per heavy atom. The molecule has 1 fully saturated rings. The zero-order valence-corrected chi connectivity index (χ0v) is 12.8. The van der Waals surface area contributed by atoms with E-state index in [1.165, 1.54) is 36.1 Å². The first kappa shape index (κ1) is 14.5. The second-order valence-corrected chi connectivity index (χ2v) is 6.42. The summed E-state index contributed by atoms with van der Waals surface area (Å²) in [6, 6.07) is 7.47. The first-order valence-electron chi connectivity index (χ1n) is 7.56. The Hall–Kier alpha value is -0.860. The van der Waals surface area contributed by atoms with Crippen LogP contribution in [0.15, 0.2) is 18.2 Å². The fourth-order valence-electron chi connectivity index (χ4n) is 3.43. The van der Waals surface area contributed by atoms with Crippen LogP contribution in [0, 0.1) is 19.8 Å². The summed E-state index contributed by atoms with van der Waals surface area (Å²) >= 11 is 0. The first-order chi connectivity index (χ1) is 8.99. The van der Waals surface area contributed by atoms with E-state index < -0.39 is 0 Å². The Labute approximate surface area is 118 Å². The summed E-state index contributed by atoms with van der Waals surface area (Å²) < 4.78 is 0. The fourth-order valence-corrected chi connectivity index (χ4v) is 3.43. The molecule has 0 spiro atoms. The molecule has 2 nitrogen and oxygen atoms in total. The van der Waals surface area contributed by atoms with E-state index in [4.69, 9.17) is 5.73 Å². The predicted molar refractivity (Wildman–Crippen MR) is 82.3 cm³/mol. The highest BCUT2D eigenvalue weighted by atomic mass is 15.2. The van der Waals surface area contributed by atoms with Crippen molar-refractivity contribution < 1.29 is 0 Å². The maximum atomic E-state index is 6.45. The molecule has 1 aromatic rings. The standard InChI is InChI=1S/C17H28N2/c1-12(2)17-6-5-9-19(17)11-16(18)15-8-7-13(3)10-14(15)4/h7-8,10,12,16-17H,5-6,9,11,18H2,1-4H3. The van der Waals surface area contributed by atoms with Gasteiger partial charge in [-0.15, -0.1) is 0 Å². The number of likely N-dealkylation sites (tertiary alicyclic amines) is 1. The van der Waals surface area contributed by atoms with Crippen molar-refractivity contribution in [3.05, 3.63) is 34.9 Å². The summed E-state index contributed by atoms with van der Waals surface area (Å²) in [6.07, 6.45) is 2.65. The van der Waals surface area contributed by atoms with Gasteiger partial charge in [0, 0.05) is 18.6 Å². The van der Waals surface area contributed by atoms with Crippen molar-refractivity contribution >= 4 is 0 Å². The van der Waals surface area contributed by atoms with Crippen molar-refractivity contribution in [2.75, 3.05) is 13.1 Å². The monoisotopic (exact) mass is 260 g/mol. The van der Waals surface area contributed by atoms with E-state index >= 15 is 0 Å². The largest absolute Gasteiger partial charge is 0.323 e. The molecular weight excluding hydrogens is 232 g/mol. The second kappa shape index (κ2) is 6.06. The van der Waals surface area contributed by atoms with E-state index in [-0.39, 0.29) is 6.04 Å². The van der Waals surface area contributed by atoms with Crippen LogP contribution in [0.2, 0.25) is 0 Å². The Balaban J connectivity index is 2.06. The summed E-state index contributed by atoms with van der Waals surface area (Å²) in [5.74, 6) is 0.730. The molecular formula is C17H28N2. The van der Waals surface area contributed by atoms with Gasteiger partial charge in [0.05, 0.1) is 0 Å². The first-order valence-corrected chi connectivity index (χ1v) is 7.56. The predicted octanol–water partition coefficient (Wildman–Crippen LogP) is 3.42. The van der Waals surface area contributed by atoms with Gasteiger partial charge in [0.25, 0.3) is 0 Å². The van der Waals surface area contributed by atoms with Crippen LogP contribution >= 0.6 is 0 Å². The van der Waals surface area contributed by atoms with Gasteiger partial charge in [0.1, 0.15) is 0 Å². The number of nitrogens with two attached hydrogens (primary N) is 1. The van der Waals surface area contributed by atoms with Crippen molar-refractivity contribution in [2.24, 2.45) is 11.7 Å². The van der Waals surface area contributed by atoms with Gasteiger partial charge in [-0.2, -0.15) is 0 Å². The minimum Gasteiger partial charge on any atom is -0.323 e. The van der Waals surface area contributed by atoms with E-state index in [0.29, 0.717) is 0 Å². The zero-order chi connectivity index (χ0) is 14.0. The molecule has 0 aliphatic carbocycles. The molecule has 0 radical (unpaired) electrons. The maximum absolute atomic E-state index is 6.45. The lowest BCUT2D eigenvalue weighted by Crippen LogP contribution is -2.38. The zero-order valence-electron chi connectivity index (χ0n) is 12.8. The Bertz CT molecular complexity index is 425. The van der Waals surface area contributed by atoms with Crippen LogP contribution < -0.4 is 5.73 Å². The molecule has 2 heteroatoms. The van der Waals surface area contributed by atoms with Gasteiger partial charge in [-0.1, -0.05) is 37.6 Å². The molecule has 2 unspecified atom stereocenters. The molecule has 1 aliphatic rings. The van der Waals surface area contributed by atoms with Crippen LogP contribution in [0.1, 0.15) is 49.4 Å². The van der Waals surface area contributed by atoms with Gasteiger partial charge in [-0.25, -0.2) is 0 Å². The van der Waals surface area contributed by atoms with E-state index in [1.54, 1.807) is 0 Å². The van der Waals surface area contributed by atoms with Crippen LogP contribution in [-0.2, 0) is 0 Å². The molecule has 19 heavy (non-hydrogen) atoms. The van der Waals surface area contributed by atoms with Gasteiger partial charge in [-0.05, 0) is 50.3 Å². The highest BCUT2D eigenvalue weighted by Gasteiger charge is 2.28. The average Bonchev–Trinajstić information content (AvgIpc) is 2.76. The van der Waals surface area contributed by atoms with Gasteiger partial charge in [0.2, 0.25) is 0 Å². The number of nitrogens with zero attached hydrogens (tertiary/aromatic N) is 1. The lowest BCUT2D eigenvalue weighted by atomic mass is 9.98. The fraction of sp³-hybridized carbons (Fsp3) is 0.647. The third kappa shape index (κ3) is 3.37. The molecule has 106 valence electrons. The molecule has 1 aromatic carbocycles. The Kier molecular flexibility index (Phi) is 4.64. The second-order valence-electron chi connectivity index (χ2n) is 6.42. The Morgan fingerprint density at radius 3 is 2.68 bits per heavy atom. The van der Waals surface area contributed by atoms with Crippen molar-refractivity contribution in [1.29, 1.82) is 0 Å². The van der Waals surface area contributed by atoms with Gasteiger partial charge in [-0.3, -0.25) is 4.90 Å². The number of hydrogen-bond donors (Lipinski definition) is 1. The third-order valence-electron chi connectivity index (χ3n) is 4.44. The smallest absolute Gasteiger partial charge is 0.0427 e. The summed E-state index contributed by atoms with van der Waals surface area (Å²) in [6.45, 7) is 11.2. The van der Waals surface area contributed by atoms with E-state index in [2.05, 4.69) is 50.8 Å². The van der Waals surface area contributed by atoms with Crippen molar-refractivity contribution in [3.63, 3.8) is 0 Å². The maximum Gasteiger partial charge on any atom is 0.0427 e. The van der Waals surface area contributed by atoms with Crippen LogP contribution in [0.3, 0.4) is 0 Å². The van der Waals surface area contributed by atoms with Crippen LogP contribution in [0.4, 0.5) is 0 Å². The highest BCUT2D eigenvalue weighted by molar-refractivity contribution is 5.32. The third-order valence-corrected chi connectivity index (χ3v) is 4.44. The molecule has 2 atom stereocenters. The van der Waals surface area contributed by atoms with E-state index in [1.807, 2.05) is 0 Å². The summed E-state index contributed by atoms with van der Waals surface area (Å²) in [4.78, 5) is 2.59. The average molecular weight is 260 g/mol. The molecule has 1 heterocycles. The lowest BCUT2D eigenvalue weighted by molar-refractivity contribution is 0.195. The van der Waals surface area contributed by atoms with Gasteiger partial charge in [0.15, 0.2) is 0 Å². The molecule has 0 amide bonds. The van der Waals surface area contributed by atoms with E-state index in [9.17, 15) is 0 Å². The molecule has 0 bridgehead atoms. The Morgan fingerprint density at radius 1 is 1.32 bits per heavy atom. The van der Waals surface area contributed by atoms with E-state index in [0.717, 1.165) is 18.5 Å². The summed E-state index contributed by atoms with van der Waals surface area (Å²) in [5, 5.41) is 0. The highest BCUT2D eigenvalue weighted by Crippen LogP contribution is 2.26. The number of rotatable bonds is 4. The molecule has 1 aliphatic heterocycles. The van der Waals surface area contributed by atoms with Crippen LogP contribution in [0.25, 0.3) is 0 Å². The summed E-state index contributed by atoms with van der Waals surface area (Å²) in [7, 11) is 0. The molecule has 0 saturated carbocycles. The number of hydrogen-bond acceptors (Lipinski definition) is 2. The topological polar surface area (TPSA) is 29.3 Å². The molecule has 1 saturated heterocycles. The van der Waals surface area contributed by atoms with Gasteiger partial charge >= 0.3 is 0 Å². The van der Waals surface area contributed by atoms with Gasteiger partial charge < -0.3 is 5.73 Å². The van der Waals surface area contributed by atoms with Crippen molar-refractivity contribution in [1.82, 2.24) is 4.90 Å². The quantitative estimate of drug-likeness (QED) is 0.898. The minimum absolute atomic E-state index is 0.139. The van der Waals surface area contributed by atoms with Crippen LogP contribution in [-0.4, -0.2) is 24.0 Å². The number of benzene rings is 1. The normalized spacial score (nSPS) is 22.1. The minimum atomic E-state index is 0.139. The van der Waals surface area contributed by atoms with Crippen molar-refractivity contribution in [3.8, 4) is 0 Å². The van der Waals surface area contributed by atoms with Crippen LogP contribution in [0.5, 0.6) is 0 Å². The molecule has 2 N–H and O–H groups in total. The molecule has 2 rings (SSSR count).